The Morgan fingerprint density at radius 1 is 1.24 bits per heavy atom. The predicted molar refractivity (Wildman–Crippen MR) is 102 cm³/mol. The molecule has 0 heterocycles. The summed E-state index contributed by atoms with van der Waals surface area (Å²) in [6.07, 6.45) is 1.85. The third kappa shape index (κ3) is 8.96. The zero-order valence-electron chi connectivity index (χ0n) is 16.1. The Morgan fingerprint density at radius 3 is 2.40 bits per heavy atom. The molecule has 140 valence electrons. The molecule has 0 aliphatic rings. The van der Waals surface area contributed by atoms with E-state index >= 15 is 0 Å². The summed E-state index contributed by atoms with van der Waals surface area (Å²) in [5.74, 6) is 2.30. The van der Waals surface area contributed by atoms with Gasteiger partial charge in [-0.25, -0.2) is 15.6 Å². The summed E-state index contributed by atoms with van der Waals surface area (Å²) >= 11 is 0. The fraction of sp³-hybridized carbons (Fsp3) is 0.600. The monoisotopic (exact) mass is 347 g/mol. The third-order valence-electron chi connectivity index (χ3n) is 3.71. The smallest absolute Gasteiger partial charge is 0.122 e. The molecular weight excluding hydrogens is 314 g/mol. The SMILES string of the molecule is CC(C)CCNN(NC(C)(C)C)[C@@H](Cc1ccccc1)[C@H](O)C=C=O. The van der Waals surface area contributed by atoms with Gasteiger partial charge < -0.3 is 5.11 Å². The second-order valence-electron chi connectivity index (χ2n) is 7.85. The molecule has 0 aromatic heterocycles. The highest BCUT2D eigenvalue weighted by atomic mass is 16.3. The van der Waals surface area contributed by atoms with Gasteiger partial charge in [0.1, 0.15) is 12.0 Å². The molecule has 0 spiro atoms. The fourth-order valence-electron chi connectivity index (χ4n) is 2.48. The fourth-order valence-corrected chi connectivity index (χ4v) is 2.48. The van der Waals surface area contributed by atoms with E-state index in [1.165, 1.54) is 6.08 Å². The molecule has 0 fully saturated rings. The molecule has 0 unspecified atom stereocenters. The number of hydrogen-bond donors (Lipinski definition) is 3. The van der Waals surface area contributed by atoms with Crippen LogP contribution >= 0.6 is 0 Å². The summed E-state index contributed by atoms with van der Waals surface area (Å²) in [6.45, 7) is 11.3. The Bertz CT molecular complexity index is 534. The van der Waals surface area contributed by atoms with Crippen LogP contribution in [0.1, 0.15) is 46.6 Å². The number of benzene rings is 1. The Morgan fingerprint density at radius 2 is 1.88 bits per heavy atom. The van der Waals surface area contributed by atoms with E-state index in [1.807, 2.05) is 35.4 Å². The molecule has 0 aliphatic carbocycles. The van der Waals surface area contributed by atoms with Crippen molar-refractivity contribution in [3.05, 3.63) is 42.0 Å². The number of hydrogen-bond acceptors (Lipinski definition) is 5. The van der Waals surface area contributed by atoms with Crippen molar-refractivity contribution >= 4 is 5.94 Å². The van der Waals surface area contributed by atoms with Gasteiger partial charge in [0.05, 0.1) is 6.04 Å². The van der Waals surface area contributed by atoms with Gasteiger partial charge in [-0.05, 0) is 45.1 Å². The molecule has 5 nitrogen and oxygen atoms in total. The van der Waals surface area contributed by atoms with Gasteiger partial charge in [-0.3, -0.25) is 0 Å². The number of nitrogens with zero attached hydrogens (tertiary/aromatic N) is 1. The normalized spacial score (nSPS) is 14.4. The van der Waals surface area contributed by atoms with E-state index in [2.05, 4.69) is 45.5 Å². The van der Waals surface area contributed by atoms with E-state index in [0.29, 0.717) is 12.3 Å². The maximum Gasteiger partial charge on any atom is 0.122 e. The first-order valence-corrected chi connectivity index (χ1v) is 8.96. The molecule has 25 heavy (non-hydrogen) atoms. The molecule has 1 rings (SSSR count). The van der Waals surface area contributed by atoms with Gasteiger partial charge in [0.2, 0.25) is 0 Å². The lowest BCUT2D eigenvalue weighted by molar-refractivity contribution is -0.0247. The van der Waals surface area contributed by atoms with Gasteiger partial charge in [0, 0.05) is 18.2 Å². The number of nitrogens with one attached hydrogen (secondary N) is 2. The van der Waals surface area contributed by atoms with Gasteiger partial charge in [-0.15, -0.1) is 0 Å². The van der Waals surface area contributed by atoms with Crippen molar-refractivity contribution in [2.24, 2.45) is 5.92 Å². The molecule has 5 heteroatoms. The van der Waals surface area contributed by atoms with Gasteiger partial charge >= 0.3 is 0 Å². The number of hydrazine groups is 2. The molecule has 0 radical (unpaired) electrons. The second-order valence-corrected chi connectivity index (χ2v) is 7.85. The van der Waals surface area contributed by atoms with Crippen LogP contribution in [0.5, 0.6) is 0 Å². The Balaban J connectivity index is 3.00. The second kappa shape index (κ2) is 10.5. The van der Waals surface area contributed by atoms with Crippen LogP contribution in [0.25, 0.3) is 0 Å². The lowest BCUT2D eigenvalue weighted by Crippen LogP contribution is -2.63. The maximum atomic E-state index is 10.8. The van der Waals surface area contributed by atoms with Gasteiger partial charge in [-0.1, -0.05) is 44.2 Å². The minimum Gasteiger partial charge on any atom is -0.386 e. The van der Waals surface area contributed by atoms with Crippen LogP contribution in [0.2, 0.25) is 0 Å². The van der Waals surface area contributed by atoms with Crippen LogP contribution < -0.4 is 10.9 Å². The Kier molecular flexibility index (Phi) is 9.04. The van der Waals surface area contributed by atoms with Gasteiger partial charge in [0.15, 0.2) is 0 Å². The number of rotatable bonds is 10. The lowest BCUT2D eigenvalue weighted by Gasteiger charge is -2.39. The van der Waals surface area contributed by atoms with Crippen LogP contribution in [0.15, 0.2) is 36.4 Å². The maximum absolute atomic E-state index is 10.8. The van der Waals surface area contributed by atoms with Crippen molar-refractivity contribution in [2.45, 2.75) is 65.1 Å². The summed E-state index contributed by atoms with van der Waals surface area (Å²) in [5, 5.41) is 12.4. The molecule has 0 amide bonds. The average molecular weight is 348 g/mol. The highest BCUT2D eigenvalue weighted by molar-refractivity contribution is 5.46. The molecule has 3 N–H and O–H groups in total. The van der Waals surface area contributed by atoms with Gasteiger partial charge in [-0.2, -0.15) is 5.12 Å². The number of aliphatic hydroxyl groups excluding tert-OH is 1. The molecular formula is C20H33N3O2. The van der Waals surface area contributed by atoms with Crippen molar-refractivity contribution in [3.8, 4) is 0 Å². The quantitative estimate of drug-likeness (QED) is 0.448. The predicted octanol–water partition coefficient (Wildman–Crippen LogP) is 2.50. The highest BCUT2D eigenvalue weighted by Gasteiger charge is 2.28. The van der Waals surface area contributed by atoms with E-state index in [-0.39, 0.29) is 11.6 Å². The van der Waals surface area contributed by atoms with E-state index in [1.54, 1.807) is 5.94 Å². The first kappa shape index (κ1) is 21.6. The van der Waals surface area contributed by atoms with Crippen molar-refractivity contribution in [1.82, 2.24) is 16.0 Å². The van der Waals surface area contributed by atoms with Gasteiger partial charge in [0.25, 0.3) is 0 Å². The number of carbonyl (C=O) groups excluding carboxylic acids is 1. The minimum absolute atomic E-state index is 0.190. The van der Waals surface area contributed by atoms with Crippen molar-refractivity contribution in [2.75, 3.05) is 6.54 Å². The first-order valence-electron chi connectivity index (χ1n) is 8.96. The van der Waals surface area contributed by atoms with E-state index in [0.717, 1.165) is 18.5 Å². The molecule has 2 atom stereocenters. The molecule has 1 aromatic rings. The summed E-state index contributed by atoms with van der Waals surface area (Å²) < 4.78 is 0. The summed E-state index contributed by atoms with van der Waals surface area (Å²) in [4.78, 5) is 10.8. The lowest BCUT2D eigenvalue weighted by atomic mass is 10.0. The number of aliphatic hydroxyl groups is 1. The van der Waals surface area contributed by atoms with Crippen molar-refractivity contribution in [3.63, 3.8) is 0 Å². The van der Waals surface area contributed by atoms with Crippen molar-refractivity contribution < 1.29 is 9.90 Å². The minimum atomic E-state index is -0.931. The van der Waals surface area contributed by atoms with Crippen LogP contribution in [0, 0.1) is 5.92 Å². The van der Waals surface area contributed by atoms with Crippen LogP contribution in [0.4, 0.5) is 0 Å². The summed E-state index contributed by atoms with van der Waals surface area (Å²) in [7, 11) is 0. The molecule has 0 bridgehead atoms. The van der Waals surface area contributed by atoms with Crippen LogP contribution in [-0.4, -0.2) is 40.4 Å². The third-order valence-corrected chi connectivity index (χ3v) is 3.71. The largest absolute Gasteiger partial charge is 0.386 e. The topological polar surface area (TPSA) is 64.6 Å². The molecule has 1 aromatic carbocycles. The molecule has 0 saturated carbocycles. The van der Waals surface area contributed by atoms with E-state index < -0.39 is 6.10 Å². The zero-order valence-corrected chi connectivity index (χ0v) is 16.1. The molecule has 0 saturated heterocycles. The average Bonchev–Trinajstić information content (AvgIpc) is 2.51. The van der Waals surface area contributed by atoms with Crippen molar-refractivity contribution in [1.29, 1.82) is 0 Å². The standard InChI is InChI=1S/C20H33N3O2/c1-16(2)11-13-21-23(22-20(3,4)5)18(19(25)12-14-24)15-17-9-7-6-8-10-17/h6-10,12,16,18-19,21-22,25H,11,13,15H2,1-5H3/t18-,19+/m0/s1. The Hall–Kier alpha value is -1.49. The van der Waals surface area contributed by atoms with Crippen LogP contribution in [-0.2, 0) is 11.2 Å². The Labute approximate surface area is 152 Å². The van der Waals surface area contributed by atoms with E-state index in [9.17, 15) is 9.90 Å². The first-order chi connectivity index (χ1) is 11.7. The molecule has 0 aliphatic heterocycles. The summed E-state index contributed by atoms with van der Waals surface area (Å²) in [6, 6.07) is 9.62. The summed E-state index contributed by atoms with van der Waals surface area (Å²) in [5.41, 5.74) is 7.69. The van der Waals surface area contributed by atoms with Crippen LogP contribution in [0.3, 0.4) is 0 Å². The highest BCUT2D eigenvalue weighted by Crippen LogP contribution is 2.13. The zero-order chi connectivity index (χ0) is 18.9. The van der Waals surface area contributed by atoms with E-state index in [4.69, 9.17) is 0 Å².